The third-order valence-corrected chi connectivity index (χ3v) is 10.1. The third kappa shape index (κ3) is 4.26. The first-order valence-corrected chi connectivity index (χ1v) is 16.9. The predicted molar refractivity (Wildman–Crippen MR) is 208 cm³/mol. The summed E-state index contributed by atoms with van der Waals surface area (Å²) in [5, 5.41) is 9.59. The van der Waals surface area contributed by atoms with E-state index in [4.69, 9.17) is 4.42 Å². The molecule has 10 rings (SSSR count). The molecule has 0 aliphatic carbocycles. The fraction of sp³-hybridized carbons (Fsp3) is 0. The number of para-hydroxylation sites is 1. The first-order chi connectivity index (χ1) is 24.3. The van der Waals surface area contributed by atoms with E-state index in [2.05, 4.69) is 182 Å². The lowest BCUT2D eigenvalue weighted by Crippen LogP contribution is -1.95. The topological polar surface area (TPSA) is 13.1 Å². The van der Waals surface area contributed by atoms with Gasteiger partial charge in [-0.05, 0) is 71.8 Å². The van der Waals surface area contributed by atoms with Crippen molar-refractivity contribution in [3.05, 3.63) is 182 Å². The molecule has 1 nitrogen and oxygen atoms in total. The van der Waals surface area contributed by atoms with Crippen LogP contribution in [0.1, 0.15) is 0 Å². The second-order valence-electron chi connectivity index (χ2n) is 12.7. The third-order valence-electron chi connectivity index (χ3n) is 10.1. The van der Waals surface area contributed by atoms with Gasteiger partial charge in [0.1, 0.15) is 11.2 Å². The maximum atomic E-state index is 6.81. The highest BCUT2D eigenvalue weighted by Crippen LogP contribution is 2.50. The van der Waals surface area contributed by atoms with E-state index in [1.807, 2.05) is 0 Å². The molecule has 9 aromatic carbocycles. The number of rotatable bonds is 4. The second-order valence-corrected chi connectivity index (χ2v) is 12.7. The Labute approximate surface area is 284 Å². The van der Waals surface area contributed by atoms with Gasteiger partial charge in [-0.15, -0.1) is 0 Å². The first kappa shape index (κ1) is 27.7. The van der Waals surface area contributed by atoms with Gasteiger partial charge in [-0.3, -0.25) is 0 Å². The SMILES string of the molecule is c1ccc(-c2cccc(-c3ccccc3)c2-c2c3ccccc3c(-c3cccc4c3oc3ccc5ccccc5c34)c3ccccc23)cc1. The Hall–Kier alpha value is -6.44. The van der Waals surface area contributed by atoms with Gasteiger partial charge in [0.25, 0.3) is 0 Å². The minimum Gasteiger partial charge on any atom is -0.455 e. The molecule has 0 fully saturated rings. The van der Waals surface area contributed by atoms with Gasteiger partial charge in [-0.25, -0.2) is 0 Å². The number of benzene rings is 9. The quantitative estimate of drug-likeness (QED) is 0.178. The number of fused-ring (bicyclic) bond motifs is 7. The molecule has 228 valence electrons. The molecule has 0 saturated heterocycles. The van der Waals surface area contributed by atoms with Crippen LogP contribution in [0.5, 0.6) is 0 Å². The van der Waals surface area contributed by atoms with Gasteiger partial charge in [0.2, 0.25) is 0 Å². The summed E-state index contributed by atoms with van der Waals surface area (Å²) in [6.45, 7) is 0. The van der Waals surface area contributed by atoms with Crippen molar-refractivity contribution in [2.75, 3.05) is 0 Å². The monoisotopic (exact) mass is 622 g/mol. The van der Waals surface area contributed by atoms with E-state index >= 15 is 0 Å². The molecule has 0 aliphatic rings. The summed E-state index contributed by atoms with van der Waals surface area (Å²) in [7, 11) is 0. The van der Waals surface area contributed by atoms with Crippen LogP contribution in [0.2, 0.25) is 0 Å². The van der Waals surface area contributed by atoms with Gasteiger partial charge in [-0.1, -0.05) is 176 Å². The molecule has 10 aromatic rings. The van der Waals surface area contributed by atoms with E-state index < -0.39 is 0 Å². The Balaban J connectivity index is 1.36. The molecular formula is C48H30O. The summed E-state index contributed by atoms with van der Waals surface area (Å²) in [4.78, 5) is 0. The van der Waals surface area contributed by atoms with Gasteiger partial charge in [0, 0.05) is 21.9 Å². The highest BCUT2D eigenvalue weighted by Gasteiger charge is 2.23. The van der Waals surface area contributed by atoms with Crippen LogP contribution in [-0.4, -0.2) is 0 Å². The van der Waals surface area contributed by atoms with Gasteiger partial charge in [0.05, 0.1) is 0 Å². The average molecular weight is 623 g/mol. The molecule has 0 unspecified atom stereocenters. The van der Waals surface area contributed by atoms with Crippen molar-refractivity contribution in [3.8, 4) is 44.5 Å². The van der Waals surface area contributed by atoms with Crippen molar-refractivity contribution in [2.45, 2.75) is 0 Å². The summed E-state index contributed by atoms with van der Waals surface area (Å²) in [5.74, 6) is 0. The van der Waals surface area contributed by atoms with Crippen LogP contribution >= 0.6 is 0 Å². The Morgan fingerprint density at radius 3 is 1.37 bits per heavy atom. The van der Waals surface area contributed by atoms with Crippen molar-refractivity contribution in [2.24, 2.45) is 0 Å². The van der Waals surface area contributed by atoms with Crippen molar-refractivity contribution in [1.29, 1.82) is 0 Å². The molecule has 0 radical (unpaired) electrons. The fourth-order valence-corrected chi connectivity index (χ4v) is 7.99. The summed E-state index contributed by atoms with van der Waals surface area (Å²) >= 11 is 0. The van der Waals surface area contributed by atoms with Crippen molar-refractivity contribution in [1.82, 2.24) is 0 Å². The van der Waals surface area contributed by atoms with E-state index in [1.54, 1.807) is 0 Å². The zero-order valence-electron chi connectivity index (χ0n) is 26.7. The van der Waals surface area contributed by atoms with E-state index in [1.165, 1.54) is 76.6 Å². The van der Waals surface area contributed by atoms with E-state index in [0.29, 0.717) is 0 Å². The molecule has 1 heteroatoms. The van der Waals surface area contributed by atoms with Crippen LogP contribution in [0.3, 0.4) is 0 Å². The fourth-order valence-electron chi connectivity index (χ4n) is 7.99. The van der Waals surface area contributed by atoms with E-state index in [9.17, 15) is 0 Å². The predicted octanol–water partition coefficient (Wildman–Crippen LogP) is 13.7. The van der Waals surface area contributed by atoms with Crippen LogP contribution < -0.4 is 0 Å². The molecule has 0 spiro atoms. The lowest BCUT2D eigenvalue weighted by atomic mass is 9.81. The van der Waals surface area contributed by atoms with Gasteiger partial charge >= 0.3 is 0 Å². The highest BCUT2D eigenvalue weighted by atomic mass is 16.3. The van der Waals surface area contributed by atoms with E-state index in [-0.39, 0.29) is 0 Å². The molecule has 1 aromatic heterocycles. The smallest absolute Gasteiger partial charge is 0.143 e. The standard InChI is InChI=1S/C48H30O/c1-3-15-31(16-4-1)35-25-13-26-36(32-17-5-2-6-18-32)46(35)47-39-23-11-9-21-37(39)44(38-22-10-12-24-40(38)47)41-27-14-28-42-45-34-20-8-7-19-33(34)29-30-43(45)49-48(41)42/h1-30H. The molecule has 0 saturated carbocycles. The summed E-state index contributed by atoms with van der Waals surface area (Å²) in [5.41, 5.74) is 11.5. The molecule has 49 heavy (non-hydrogen) atoms. The summed E-state index contributed by atoms with van der Waals surface area (Å²) in [6.07, 6.45) is 0. The number of hydrogen-bond donors (Lipinski definition) is 0. The lowest BCUT2D eigenvalue weighted by molar-refractivity contribution is 0.670. The van der Waals surface area contributed by atoms with Crippen LogP contribution in [0.25, 0.3) is 98.8 Å². The maximum absolute atomic E-state index is 6.81. The molecule has 0 atom stereocenters. The Bertz CT molecular complexity index is 2750. The summed E-state index contributed by atoms with van der Waals surface area (Å²) in [6, 6.07) is 65.6. The molecule has 1 heterocycles. The number of furan rings is 1. The van der Waals surface area contributed by atoms with Crippen LogP contribution in [0, 0.1) is 0 Å². The van der Waals surface area contributed by atoms with Crippen LogP contribution in [0.4, 0.5) is 0 Å². The average Bonchev–Trinajstić information content (AvgIpc) is 3.57. The minimum atomic E-state index is 0.913. The zero-order chi connectivity index (χ0) is 32.3. The van der Waals surface area contributed by atoms with Crippen LogP contribution in [-0.2, 0) is 0 Å². The highest BCUT2D eigenvalue weighted by molar-refractivity contribution is 6.27. The minimum absolute atomic E-state index is 0.913. The van der Waals surface area contributed by atoms with Crippen LogP contribution in [0.15, 0.2) is 186 Å². The second kappa shape index (κ2) is 11.1. The van der Waals surface area contributed by atoms with Crippen molar-refractivity contribution >= 4 is 54.3 Å². The Morgan fingerprint density at radius 1 is 0.286 bits per heavy atom. The Kier molecular flexibility index (Phi) is 6.25. The lowest BCUT2D eigenvalue weighted by Gasteiger charge is -2.22. The van der Waals surface area contributed by atoms with Gasteiger partial charge < -0.3 is 4.42 Å². The largest absolute Gasteiger partial charge is 0.455 e. The Morgan fingerprint density at radius 2 is 0.755 bits per heavy atom. The maximum Gasteiger partial charge on any atom is 0.143 e. The summed E-state index contributed by atoms with van der Waals surface area (Å²) < 4.78 is 6.81. The molecule has 0 bridgehead atoms. The van der Waals surface area contributed by atoms with E-state index in [0.717, 1.165) is 22.1 Å². The van der Waals surface area contributed by atoms with Crippen molar-refractivity contribution < 1.29 is 4.42 Å². The zero-order valence-corrected chi connectivity index (χ0v) is 26.7. The first-order valence-electron chi connectivity index (χ1n) is 16.9. The molecule has 0 amide bonds. The molecule has 0 N–H and O–H groups in total. The van der Waals surface area contributed by atoms with Crippen molar-refractivity contribution in [3.63, 3.8) is 0 Å². The molecule has 0 aliphatic heterocycles. The number of hydrogen-bond acceptors (Lipinski definition) is 1. The van der Waals surface area contributed by atoms with Gasteiger partial charge in [0.15, 0.2) is 0 Å². The normalized spacial score (nSPS) is 11.7. The molecular weight excluding hydrogens is 593 g/mol. The van der Waals surface area contributed by atoms with Gasteiger partial charge in [-0.2, -0.15) is 0 Å².